The average Bonchev–Trinajstić information content (AvgIpc) is 3.06. The highest BCUT2D eigenvalue weighted by molar-refractivity contribution is 7.09. The van der Waals surface area contributed by atoms with E-state index in [1.807, 2.05) is 30.5 Å². The van der Waals surface area contributed by atoms with Crippen LogP contribution in [0.5, 0.6) is 0 Å². The van der Waals surface area contributed by atoms with Gasteiger partial charge >= 0.3 is 0 Å². The van der Waals surface area contributed by atoms with Crippen molar-refractivity contribution in [2.45, 2.75) is 6.92 Å². The van der Waals surface area contributed by atoms with E-state index in [9.17, 15) is 9.59 Å². The topological polar surface area (TPSA) is 59.1 Å². The number of hydrogen-bond donors (Lipinski definition) is 1. The number of rotatable bonds is 5. The summed E-state index contributed by atoms with van der Waals surface area (Å²) in [5.74, 6) is -0.347. The number of hydrogen-bond acceptors (Lipinski definition) is 4. The van der Waals surface area contributed by atoms with Crippen LogP contribution in [0.15, 0.2) is 66.1 Å². The van der Waals surface area contributed by atoms with Crippen molar-refractivity contribution >= 4 is 34.8 Å². The molecule has 0 spiro atoms. The quantitative estimate of drug-likeness (QED) is 0.551. The molecule has 1 N–H and O–H groups in total. The Labute approximate surface area is 149 Å². The van der Waals surface area contributed by atoms with Crippen LogP contribution >= 0.6 is 11.3 Å². The van der Waals surface area contributed by atoms with Crippen molar-refractivity contribution in [3.63, 3.8) is 0 Å². The zero-order valence-corrected chi connectivity index (χ0v) is 14.4. The normalized spacial score (nSPS) is 10.8. The Bertz CT molecular complexity index is 930. The molecule has 0 saturated heterocycles. The van der Waals surface area contributed by atoms with Gasteiger partial charge in [0, 0.05) is 28.3 Å². The van der Waals surface area contributed by atoms with E-state index in [-0.39, 0.29) is 11.7 Å². The molecule has 0 saturated carbocycles. The van der Waals surface area contributed by atoms with Crippen molar-refractivity contribution in [3.8, 4) is 0 Å². The van der Waals surface area contributed by atoms with Gasteiger partial charge in [-0.3, -0.25) is 9.59 Å². The third kappa shape index (κ3) is 4.49. The highest BCUT2D eigenvalue weighted by atomic mass is 32.1. The zero-order chi connectivity index (χ0) is 17.6. The number of ketones is 1. The van der Waals surface area contributed by atoms with Crippen LogP contribution in [0.25, 0.3) is 6.08 Å². The minimum Gasteiger partial charge on any atom is -0.322 e. The SMILES string of the molecule is Cc1nc(/C=C/C(=O)Nc2cccc(C(=O)c3ccccc3)c2)cs1. The first kappa shape index (κ1) is 16.8. The van der Waals surface area contributed by atoms with Crippen LogP contribution in [-0.2, 0) is 4.79 Å². The van der Waals surface area contributed by atoms with Gasteiger partial charge < -0.3 is 5.32 Å². The number of thiazole rings is 1. The fraction of sp³-hybridized carbons (Fsp3) is 0.0500. The number of benzene rings is 2. The molecule has 0 fully saturated rings. The largest absolute Gasteiger partial charge is 0.322 e. The van der Waals surface area contributed by atoms with Crippen LogP contribution in [0, 0.1) is 6.92 Å². The molecular formula is C20H16N2O2S. The van der Waals surface area contributed by atoms with Crippen LogP contribution in [0.2, 0.25) is 0 Å². The molecular weight excluding hydrogens is 332 g/mol. The summed E-state index contributed by atoms with van der Waals surface area (Å²) in [5.41, 5.74) is 2.48. The summed E-state index contributed by atoms with van der Waals surface area (Å²) in [6.07, 6.45) is 3.10. The van der Waals surface area contributed by atoms with Gasteiger partial charge in [0.1, 0.15) is 0 Å². The number of aromatic nitrogens is 1. The van der Waals surface area contributed by atoms with Crippen LogP contribution in [0.1, 0.15) is 26.6 Å². The standard InChI is InChI=1S/C20H16N2O2S/c1-14-21-18(13-25-14)10-11-19(23)22-17-9-5-8-16(12-17)20(24)15-6-3-2-4-7-15/h2-13H,1H3,(H,22,23)/b11-10+. The molecule has 0 unspecified atom stereocenters. The monoisotopic (exact) mass is 348 g/mol. The van der Waals surface area contributed by atoms with E-state index in [0.717, 1.165) is 10.7 Å². The van der Waals surface area contributed by atoms with Gasteiger partial charge in [-0.1, -0.05) is 42.5 Å². The second-order valence-electron chi connectivity index (χ2n) is 5.39. The summed E-state index contributed by atoms with van der Waals surface area (Å²) in [4.78, 5) is 28.8. The molecule has 1 aromatic heterocycles. The highest BCUT2D eigenvalue weighted by Crippen LogP contribution is 2.15. The van der Waals surface area contributed by atoms with Gasteiger partial charge in [-0.25, -0.2) is 4.98 Å². The molecule has 1 heterocycles. The summed E-state index contributed by atoms with van der Waals surface area (Å²) in [7, 11) is 0. The summed E-state index contributed by atoms with van der Waals surface area (Å²) in [6, 6.07) is 16.0. The predicted octanol–water partition coefficient (Wildman–Crippen LogP) is 4.33. The van der Waals surface area contributed by atoms with Gasteiger partial charge in [0.05, 0.1) is 10.7 Å². The van der Waals surface area contributed by atoms with E-state index < -0.39 is 0 Å². The molecule has 25 heavy (non-hydrogen) atoms. The predicted molar refractivity (Wildman–Crippen MR) is 101 cm³/mol. The lowest BCUT2D eigenvalue weighted by Gasteiger charge is -2.05. The second-order valence-corrected chi connectivity index (χ2v) is 6.45. The van der Waals surface area contributed by atoms with Crippen LogP contribution in [0.3, 0.4) is 0 Å². The maximum absolute atomic E-state index is 12.5. The first-order chi connectivity index (χ1) is 12.1. The number of nitrogens with zero attached hydrogens (tertiary/aromatic N) is 1. The van der Waals surface area contributed by atoms with Gasteiger partial charge in [0.15, 0.2) is 5.78 Å². The lowest BCUT2D eigenvalue weighted by molar-refractivity contribution is -0.111. The van der Waals surface area contributed by atoms with Crippen molar-refractivity contribution in [1.29, 1.82) is 0 Å². The number of carbonyl (C=O) groups is 2. The zero-order valence-electron chi connectivity index (χ0n) is 13.6. The van der Waals surface area contributed by atoms with Crippen LogP contribution in [-0.4, -0.2) is 16.7 Å². The maximum Gasteiger partial charge on any atom is 0.248 e. The Balaban J connectivity index is 1.70. The lowest BCUT2D eigenvalue weighted by atomic mass is 10.0. The molecule has 124 valence electrons. The molecule has 4 nitrogen and oxygen atoms in total. The van der Waals surface area contributed by atoms with E-state index in [0.29, 0.717) is 16.8 Å². The van der Waals surface area contributed by atoms with Crippen molar-refractivity contribution in [3.05, 3.63) is 87.9 Å². The molecule has 0 radical (unpaired) electrons. The smallest absolute Gasteiger partial charge is 0.248 e. The average molecular weight is 348 g/mol. The highest BCUT2D eigenvalue weighted by Gasteiger charge is 2.09. The minimum absolute atomic E-state index is 0.0785. The third-order valence-electron chi connectivity index (χ3n) is 3.47. The molecule has 3 aromatic rings. The second kappa shape index (κ2) is 7.68. The minimum atomic E-state index is -0.269. The van der Waals surface area contributed by atoms with Crippen molar-refractivity contribution < 1.29 is 9.59 Å². The Morgan fingerprint density at radius 1 is 1.04 bits per heavy atom. The summed E-state index contributed by atoms with van der Waals surface area (Å²) in [6.45, 7) is 1.91. The number of carbonyl (C=O) groups excluding carboxylic acids is 2. The first-order valence-corrected chi connectivity index (χ1v) is 8.61. The van der Waals surface area contributed by atoms with E-state index in [2.05, 4.69) is 10.3 Å². The van der Waals surface area contributed by atoms with E-state index in [4.69, 9.17) is 0 Å². The first-order valence-electron chi connectivity index (χ1n) is 7.73. The summed E-state index contributed by atoms with van der Waals surface area (Å²) in [5, 5.41) is 5.60. The molecule has 3 rings (SSSR count). The lowest BCUT2D eigenvalue weighted by Crippen LogP contribution is -2.09. The van der Waals surface area contributed by atoms with Crippen molar-refractivity contribution in [2.24, 2.45) is 0 Å². The molecule has 0 aliphatic rings. The Morgan fingerprint density at radius 3 is 2.52 bits per heavy atom. The molecule has 0 atom stereocenters. The maximum atomic E-state index is 12.5. The molecule has 5 heteroatoms. The number of aryl methyl sites for hydroxylation is 1. The van der Waals surface area contributed by atoms with Crippen LogP contribution in [0.4, 0.5) is 5.69 Å². The summed E-state index contributed by atoms with van der Waals surface area (Å²) < 4.78 is 0. The number of nitrogens with one attached hydrogen (secondary N) is 1. The van der Waals surface area contributed by atoms with E-state index in [1.54, 1.807) is 42.5 Å². The molecule has 0 bridgehead atoms. The summed E-state index contributed by atoms with van der Waals surface area (Å²) >= 11 is 1.53. The van der Waals surface area contributed by atoms with E-state index >= 15 is 0 Å². The third-order valence-corrected chi connectivity index (χ3v) is 4.26. The van der Waals surface area contributed by atoms with Crippen molar-refractivity contribution in [1.82, 2.24) is 4.98 Å². The van der Waals surface area contributed by atoms with Crippen LogP contribution < -0.4 is 5.32 Å². The number of anilines is 1. The van der Waals surface area contributed by atoms with Gasteiger partial charge in [-0.2, -0.15) is 0 Å². The van der Waals surface area contributed by atoms with Crippen molar-refractivity contribution in [2.75, 3.05) is 5.32 Å². The molecule has 0 aliphatic heterocycles. The number of amides is 1. The fourth-order valence-electron chi connectivity index (χ4n) is 2.30. The Morgan fingerprint density at radius 2 is 1.80 bits per heavy atom. The Hall–Kier alpha value is -3.05. The van der Waals surface area contributed by atoms with Gasteiger partial charge in [-0.15, -0.1) is 11.3 Å². The molecule has 0 aliphatic carbocycles. The van der Waals surface area contributed by atoms with Gasteiger partial charge in [0.2, 0.25) is 5.91 Å². The van der Waals surface area contributed by atoms with E-state index in [1.165, 1.54) is 17.4 Å². The molecule has 2 aromatic carbocycles. The molecule has 1 amide bonds. The van der Waals surface area contributed by atoms with Gasteiger partial charge in [0.25, 0.3) is 0 Å². The fourth-order valence-corrected chi connectivity index (χ4v) is 2.88. The Kier molecular flexibility index (Phi) is 5.16. The van der Waals surface area contributed by atoms with Gasteiger partial charge in [-0.05, 0) is 25.1 Å².